The fraction of sp³-hybridized carbons (Fsp3) is 0.273. The summed E-state index contributed by atoms with van der Waals surface area (Å²) in [4.78, 5) is 22.7. The second kappa shape index (κ2) is 4.99. The molecular formula is C11H12ClNO3. The van der Waals surface area contributed by atoms with E-state index in [0.29, 0.717) is 0 Å². The van der Waals surface area contributed by atoms with Gasteiger partial charge < -0.3 is 10.4 Å². The number of benzene rings is 1. The highest BCUT2D eigenvalue weighted by molar-refractivity contribution is 6.34. The van der Waals surface area contributed by atoms with Gasteiger partial charge >= 0.3 is 5.97 Å². The summed E-state index contributed by atoms with van der Waals surface area (Å²) in [6, 6.07) is 4.26. The number of aromatic carboxylic acids is 1. The molecule has 16 heavy (non-hydrogen) atoms. The quantitative estimate of drug-likeness (QED) is 0.852. The van der Waals surface area contributed by atoms with Crippen molar-refractivity contribution >= 4 is 23.5 Å². The Bertz CT molecular complexity index is 429. The van der Waals surface area contributed by atoms with Crippen molar-refractivity contribution in [3.63, 3.8) is 0 Å². The normalized spacial score (nSPS) is 10.2. The van der Waals surface area contributed by atoms with Gasteiger partial charge in [-0.2, -0.15) is 0 Å². The van der Waals surface area contributed by atoms with E-state index in [2.05, 4.69) is 5.32 Å². The number of rotatable bonds is 3. The van der Waals surface area contributed by atoms with Crippen LogP contribution in [0.4, 0.5) is 0 Å². The maximum absolute atomic E-state index is 11.7. The van der Waals surface area contributed by atoms with E-state index >= 15 is 0 Å². The first-order chi connectivity index (χ1) is 7.43. The number of hydrogen-bond donors (Lipinski definition) is 2. The van der Waals surface area contributed by atoms with Crippen LogP contribution in [0.1, 0.15) is 34.6 Å². The third-order valence-corrected chi connectivity index (χ3v) is 2.21. The first kappa shape index (κ1) is 12.5. The molecule has 5 heteroatoms. The van der Waals surface area contributed by atoms with Crippen molar-refractivity contribution in [2.24, 2.45) is 0 Å². The van der Waals surface area contributed by atoms with Gasteiger partial charge in [-0.15, -0.1) is 0 Å². The number of carboxylic acid groups (broad SMARTS) is 1. The molecule has 0 radical (unpaired) electrons. The minimum Gasteiger partial charge on any atom is -0.478 e. The molecule has 4 nitrogen and oxygen atoms in total. The average Bonchev–Trinajstić information content (AvgIpc) is 2.15. The molecule has 0 aromatic heterocycles. The molecule has 2 N–H and O–H groups in total. The predicted octanol–water partition coefficient (Wildman–Crippen LogP) is 2.18. The summed E-state index contributed by atoms with van der Waals surface area (Å²) in [5, 5.41) is 11.7. The molecule has 0 aliphatic heterocycles. The van der Waals surface area contributed by atoms with E-state index in [1.165, 1.54) is 18.2 Å². The number of carbonyl (C=O) groups is 2. The standard InChI is InChI=1S/C11H12ClNO3/c1-6(2)13-10(14)9-7(11(15)16)4-3-5-8(9)12/h3-6H,1-2H3,(H,13,14)(H,15,16). The Labute approximate surface area is 98.2 Å². The Morgan fingerprint density at radius 2 is 2.00 bits per heavy atom. The van der Waals surface area contributed by atoms with E-state index < -0.39 is 11.9 Å². The maximum Gasteiger partial charge on any atom is 0.336 e. The van der Waals surface area contributed by atoms with E-state index in [4.69, 9.17) is 16.7 Å². The Hall–Kier alpha value is -1.55. The van der Waals surface area contributed by atoms with E-state index in [-0.39, 0.29) is 22.2 Å². The van der Waals surface area contributed by atoms with Gasteiger partial charge in [0.25, 0.3) is 5.91 Å². The number of amides is 1. The molecule has 1 amide bonds. The highest BCUT2D eigenvalue weighted by Gasteiger charge is 2.19. The third-order valence-electron chi connectivity index (χ3n) is 1.89. The van der Waals surface area contributed by atoms with Crippen LogP contribution in [0.2, 0.25) is 5.02 Å². The van der Waals surface area contributed by atoms with Gasteiger partial charge in [0.1, 0.15) is 0 Å². The Balaban J connectivity index is 3.20. The molecule has 1 rings (SSSR count). The zero-order chi connectivity index (χ0) is 12.3. The molecule has 0 saturated carbocycles. The molecule has 0 spiro atoms. The highest BCUT2D eigenvalue weighted by atomic mass is 35.5. The molecule has 1 aromatic carbocycles. The Kier molecular flexibility index (Phi) is 3.90. The fourth-order valence-corrected chi connectivity index (χ4v) is 1.53. The molecule has 0 saturated heterocycles. The van der Waals surface area contributed by atoms with Crippen LogP contribution in [-0.4, -0.2) is 23.0 Å². The molecule has 86 valence electrons. The van der Waals surface area contributed by atoms with Gasteiger partial charge in [-0.1, -0.05) is 17.7 Å². The minimum atomic E-state index is -1.17. The van der Waals surface area contributed by atoms with Crippen molar-refractivity contribution in [1.82, 2.24) is 5.32 Å². The van der Waals surface area contributed by atoms with Crippen LogP contribution in [0.25, 0.3) is 0 Å². The number of hydrogen-bond acceptors (Lipinski definition) is 2. The number of halogens is 1. The van der Waals surface area contributed by atoms with Crippen LogP contribution in [-0.2, 0) is 0 Å². The van der Waals surface area contributed by atoms with Crippen LogP contribution in [0.3, 0.4) is 0 Å². The molecular weight excluding hydrogens is 230 g/mol. The Morgan fingerprint density at radius 1 is 1.38 bits per heavy atom. The topological polar surface area (TPSA) is 66.4 Å². The van der Waals surface area contributed by atoms with Crippen molar-refractivity contribution in [3.8, 4) is 0 Å². The van der Waals surface area contributed by atoms with Crippen molar-refractivity contribution < 1.29 is 14.7 Å². The predicted molar refractivity (Wildman–Crippen MR) is 61.0 cm³/mol. The van der Waals surface area contributed by atoms with Crippen LogP contribution in [0.15, 0.2) is 18.2 Å². The SMILES string of the molecule is CC(C)NC(=O)c1c(Cl)cccc1C(=O)O. The number of carboxylic acids is 1. The number of carbonyl (C=O) groups excluding carboxylic acids is 1. The average molecular weight is 242 g/mol. The van der Waals surface area contributed by atoms with Gasteiger partial charge in [0.05, 0.1) is 16.1 Å². The largest absolute Gasteiger partial charge is 0.478 e. The van der Waals surface area contributed by atoms with Gasteiger partial charge in [-0.25, -0.2) is 4.79 Å². The van der Waals surface area contributed by atoms with Crippen LogP contribution in [0.5, 0.6) is 0 Å². The zero-order valence-electron chi connectivity index (χ0n) is 8.95. The monoisotopic (exact) mass is 241 g/mol. The van der Waals surface area contributed by atoms with Crippen molar-refractivity contribution in [3.05, 3.63) is 34.3 Å². The summed E-state index contributed by atoms with van der Waals surface area (Å²) >= 11 is 5.83. The molecule has 0 bridgehead atoms. The lowest BCUT2D eigenvalue weighted by atomic mass is 10.1. The lowest BCUT2D eigenvalue weighted by Gasteiger charge is -2.11. The summed E-state index contributed by atoms with van der Waals surface area (Å²) in [5.74, 6) is -1.64. The molecule has 0 atom stereocenters. The molecule has 0 fully saturated rings. The summed E-state index contributed by atoms with van der Waals surface area (Å²) in [7, 11) is 0. The number of nitrogens with one attached hydrogen (secondary N) is 1. The Morgan fingerprint density at radius 3 is 2.50 bits per heavy atom. The molecule has 0 unspecified atom stereocenters. The highest BCUT2D eigenvalue weighted by Crippen LogP contribution is 2.20. The zero-order valence-corrected chi connectivity index (χ0v) is 9.71. The summed E-state index contributed by atoms with van der Waals surface area (Å²) in [5.41, 5.74) is -0.0870. The second-order valence-electron chi connectivity index (χ2n) is 3.60. The van der Waals surface area contributed by atoms with E-state index in [1.54, 1.807) is 13.8 Å². The lowest BCUT2D eigenvalue weighted by molar-refractivity contribution is 0.0690. The molecule has 0 aliphatic rings. The molecule has 0 heterocycles. The summed E-state index contributed by atoms with van der Waals surface area (Å²) in [6.45, 7) is 3.57. The van der Waals surface area contributed by atoms with Gasteiger partial charge in [-0.05, 0) is 26.0 Å². The first-order valence-electron chi connectivity index (χ1n) is 4.76. The van der Waals surface area contributed by atoms with Crippen molar-refractivity contribution in [1.29, 1.82) is 0 Å². The summed E-state index contributed by atoms with van der Waals surface area (Å²) < 4.78 is 0. The van der Waals surface area contributed by atoms with Crippen molar-refractivity contribution in [2.75, 3.05) is 0 Å². The van der Waals surface area contributed by atoms with Crippen LogP contribution in [0, 0.1) is 0 Å². The molecule has 0 aliphatic carbocycles. The fourth-order valence-electron chi connectivity index (χ4n) is 1.27. The van der Waals surface area contributed by atoms with E-state index in [1.807, 2.05) is 0 Å². The van der Waals surface area contributed by atoms with Gasteiger partial charge in [-0.3, -0.25) is 4.79 Å². The third kappa shape index (κ3) is 2.73. The van der Waals surface area contributed by atoms with Gasteiger partial charge in [0.15, 0.2) is 0 Å². The smallest absolute Gasteiger partial charge is 0.336 e. The van der Waals surface area contributed by atoms with Crippen LogP contribution >= 0.6 is 11.6 Å². The van der Waals surface area contributed by atoms with Gasteiger partial charge in [0, 0.05) is 6.04 Å². The maximum atomic E-state index is 11.7. The van der Waals surface area contributed by atoms with E-state index in [9.17, 15) is 9.59 Å². The van der Waals surface area contributed by atoms with Crippen LogP contribution < -0.4 is 5.32 Å². The summed E-state index contributed by atoms with van der Waals surface area (Å²) in [6.07, 6.45) is 0. The van der Waals surface area contributed by atoms with E-state index in [0.717, 1.165) is 0 Å². The van der Waals surface area contributed by atoms with Gasteiger partial charge in [0.2, 0.25) is 0 Å². The van der Waals surface area contributed by atoms with Crippen molar-refractivity contribution in [2.45, 2.75) is 19.9 Å². The molecule has 1 aromatic rings. The second-order valence-corrected chi connectivity index (χ2v) is 4.00. The lowest BCUT2D eigenvalue weighted by Crippen LogP contribution is -2.31. The first-order valence-corrected chi connectivity index (χ1v) is 5.14. The minimum absolute atomic E-state index is 0.00497.